The number of fused-ring (bicyclic) bond motifs is 1. The van der Waals surface area contributed by atoms with Gasteiger partial charge >= 0.3 is 0 Å². The summed E-state index contributed by atoms with van der Waals surface area (Å²) >= 11 is 3.47. The Balaban J connectivity index is 1.86. The van der Waals surface area contributed by atoms with Crippen LogP contribution in [0.25, 0.3) is 0 Å². The van der Waals surface area contributed by atoms with Gasteiger partial charge in [0.2, 0.25) is 0 Å². The van der Waals surface area contributed by atoms with E-state index >= 15 is 0 Å². The minimum absolute atomic E-state index is 0.600. The number of hydrogen-bond acceptors (Lipinski definition) is 3. The van der Waals surface area contributed by atoms with Crippen LogP contribution in [0.2, 0.25) is 0 Å². The van der Waals surface area contributed by atoms with Gasteiger partial charge in [-0.2, -0.15) is 0 Å². The molecule has 2 aliphatic heterocycles. The summed E-state index contributed by atoms with van der Waals surface area (Å²) in [6.07, 6.45) is 4.28. The highest BCUT2D eigenvalue weighted by Crippen LogP contribution is 2.38. The molecule has 1 N–H and O–H groups in total. The molecule has 0 amide bonds. The SMILES string of the molecule is Brc1occ2c1CNCC2C1CCOCC1. The summed E-state index contributed by atoms with van der Waals surface area (Å²) in [5.41, 5.74) is 2.71. The monoisotopic (exact) mass is 285 g/mol. The van der Waals surface area contributed by atoms with Crippen LogP contribution in [0.5, 0.6) is 0 Å². The van der Waals surface area contributed by atoms with Gasteiger partial charge in [0.1, 0.15) is 0 Å². The maximum Gasteiger partial charge on any atom is 0.173 e. The van der Waals surface area contributed by atoms with Gasteiger partial charge in [-0.3, -0.25) is 0 Å². The lowest BCUT2D eigenvalue weighted by Gasteiger charge is -2.33. The molecule has 0 saturated carbocycles. The van der Waals surface area contributed by atoms with Gasteiger partial charge < -0.3 is 14.5 Å². The van der Waals surface area contributed by atoms with Crippen molar-refractivity contribution in [2.45, 2.75) is 25.3 Å². The number of furan rings is 1. The lowest BCUT2D eigenvalue weighted by molar-refractivity contribution is 0.0568. The summed E-state index contributed by atoms with van der Waals surface area (Å²) in [7, 11) is 0. The Morgan fingerprint density at radius 1 is 1.31 bits per heavy atom. The molecule has 3 heterocycles. The zero-order valence-corrected chi connectivity index (χ0v) is 10.8. The molecule has 4 heteroatoms. The first kappa shape index (κ1) is 10.8. The summed E-state index contributed by atoms with van der Waals surface area (Å²) in [6.45, 7) is 3.82. The number of hydrogen-bond donors (Lipinski definition) is 1. The van der Waals surface area contributed by atoms with Crippen molar-refractivity contribution in [2.75, 3.05) is 19.8 Å². The minimum atomic E-state index is 0.600. The first-order valence-electron chi connectivity index (χ1n) is 5.90. The molecule has 3 nitrogen and oxygen atoms in total. The predicted molar refractivity (Wildman–Crippen MR) is 64.4 cm³/mol. The van der Waals surface area contributed by atoms with E-state index < -0.39 is 0 Å². The Kier molecular flexibility index (Phi) is 3.05. The molecular weight excluding hydrogens is 270 g/mol. The van der Waals surface area contributed by atoms with Crippen molar-refractivity contribution in [3.63, 3.8) is 0 Å². The van der Waals surface area contributed by atoms with Crippen LogP contribution in [0.15, 0.2) is 15.3 Å². The normalized spacial score (nSPS) is 26.7. The molecule has 0 radical (unpaired) electrons. The molecule has 0 aromatic carbocycles. The first-order valence-corrected chi connectivity index (χ1v) is 6.70. The Hall–Kier alpha value is -0.320. The maximum absolute atomic E-state index is 5.48. The minimum Gasteiger partial charge on any atom is -0.457 e. The van der Waals surface area contributed by atoms with Crippen molar-refractivity contribution >= 4 is 15.9 Å². The van der Waals surface area contributed by atoms with E-state index in [0.29, 0.717) is 5.92 Å². The number of nitrogens with one attached hydrogen (secondary N) is 1. The van der Waals surface area contributed by atoms with E-state index in [0.717, 1.165) is 36.9 Å². The van der Waals surface area contributed by atoms with Crippen LogP contribution >= 0.6 is 15.9 Å². The lowest BCUT2D eigenvalue weighted by Crippen LogP contribution is -2.34. The van der Waals surface area contributed by atoms with Crippen molar-refractivity contribution < 1.29 is 9.15 Å². The molecule has 1 unspecified atom stereocenters. The summed E-state index contributed by atoms with van der Waals surface area (Å²) in [5.74, 6) is 1.34. The van der Waals surface area contributed by atoms with Gasteiger partial charge in [0.15, 0.2) is 4.67 Å². The summed E-state index contributed by atoms with van der Waals surface area (Å²) in [5, 5.41) is 3.48. The molecule has 88 valence electrons. The molecule has 1 saturated heterocycles. The second-order valence-corrected chi connectivity index (χ2v) is 5.35. The Morgan fingerprint density at radius 3 is 2.94 bits per heavy atom. The molecule has 0 spiro atoms. The highest BCUT2D eigenvalue weighted by atomic mass is 79.9. The molecule has 2 aliphatic rings. The fourth-order valence-electron chi connectivity index (χ4n) is 2.86. The third-order valence-corrected chi connectivity index (χ3v) is 4.44. The molecule has 0 aliphatic carbocycles. The van der Waals surface area contributed by atoms with Gasteiger partial charge in [-0.25, -0.2) is 0 Å². The van der Waals surface area contributed by atoms with Gasteiger partial charge in [0.25, 0.3) is 0 Å². The Morgan fingerprint density at radius 2 is 2.12 bits per heavy atom. The van der Waals surface area contributed by atoms with Crippen LogP contribution in [-0.4, -0.2) is 19.8 Å². The van der Waals surface area contributed by atoms with E-state index in [1.807, 2.05) is 6.26 Å². The molecule has 3 rings (SSSR count). The third-order valence-electron chi connectivity index (χ3n) is 3.78. The topological polar surface area (TPSA) is 34.4 Å². The van der Waals surface area contributed by atoms with Gasteiger partial charge in [-0.1, -0.05) is 0 Å². The molecular formula is C12H16BrNO2. The fourth-order valence-corrected chi connectivity index (χ4v) is 3.32. The molecule has 0 bridgehead atoms. The highest BCUT2D eigenvalue weighted by molar-refractivity contribution is 9.10. The van der Waals surface area contributed by atoms with Crippen molar-refractivity contribution in [3.8, 4) is 0 Å². The molecule has 1 aromatic rings. The van der Waals surface area contributed by atoms with Gasteiger partial charge in [-0.05, 0) is 34.7 Å². The van der Waals surface area contributed by atoms with Crippen LogP contribution in [-0.2, 0) is 11.3 Å². The second kappa shape index (κ2) is 4.51. The molecule has 1 fully saturated rings. The Labute approximate surface area is 104 Å². The average Bonchev–Trinajstić information content (AvgIpc) is 2.73. The smallest absolute Gasteiger partial charge is 0.173 e. The predicted octanol–water partition coefficient (Wildman–Crippen LogP) is 2.66. The summed E-state index contributed by atoms with van der Waals surface area (Å²) < 4.78 is 11.8. The average molecular weight is 286 g/mol. The zero-order valence-electron chi connectivity index (χ0n) is 9.17. The van der Waals surface area contributed by atoms with Gasteiger partial charge in [0, 0.05) is 43.3 Å². The first-order chi connectivity index (χ1) is 7.86. The number of rotatable bonds is 1. The number of ether oxygens (including phenoxy) is 1. The van der Waals surface area contributed by atoms with Crippen LogP contribution in [0, 0.1) is 5.92 Å². The third kappa shape index (κ3) is 1.83. The zero-order chi connectivity index (χ0) is 11.0. The van der Waals surface area contributed by atoms with Crippen LogP contribution in [0.1, 0.15) is 29.9 Å². The van der Waals surface area contributed by atoms with Gasteiger partial charge in [0.05, 0.1) is 6.26 Å². The van der Waals surface area contributed by atoms with Crippen LogP contribution < -0.4 is 5.32 Å². The molecule has 1 aromatic heterocycles. The van der Waals surface area contributed by atoms with E-state index in [9.17, 15) is 0 Å². The van der Waals surface area contributed by atoms with E-state index in [2.05, 4.69) is 21.2 Å². The standard InChI is InChI=1S/C12H16BrNO2/c13-12-10-6-14-5-9(11(10)7-16-12)8-1-3-15-4-2-8/h7-9,14H,1-6H2. The van der Waals surface area contributed by atoms with Crippen molar-refractivity contribution in [2.24, 2.45) is 5.92 Å². The Bertz CT molecular complexity index is 371. The van der Waals surface area contributed by atoms with E-state index in [4.69, 9.17) is 9.15 Å². The maximum atomic E-state index is 5.48. The fraction of sp³-hybridized carbons (Fsp3) is 0.667. The summed E-state index contributed by atoms with van der Waals surface area (Å²) in [4.78, 5) is 0. The largest absolute Gasteiger partial charge is 0.457 e. The summed E-state index contributed by atoms with van der Waals surface area (Å²) in [6, 6.07) is 0. The quantitative estimate of drug-likeness (QED) is 0.862. The van der Waals surface area contributed by atoms with Crippen LogP contribution in [0.4, 0.5) is 0 Å². The van der Waals surface area contributed by atoms with Crippen LogP contribution in [0.3, 0.4) is 0 Å². The van der Waals surface area contributed by atoms with Gasteiger partial charge in [-0.15, -0.1) is 0 Å². The lowest BCUT2D eigenvalue weighted by atomic mass is 9.79. The van der Waals surface area contributed by atoms with Crippen molar-refractivity contribution in [1.29, 1.82) is 0 Å². The van der Waals surface area contributed by atoms with E-state index in [-0.39, 0.29) is 0 Å². The number of halogens is 1. The molecule has 16 heavy (non-hydrogen) atoms. The van der Waals surface area contributed by atoms with E-state index in [1.165, 1.54) is 24.0 Å². The highest BCUT2D eigenvalue weighted by Gasteiger charge is 2.31. The second-order valence-electron chi connectivity index (χ2n) is 4.63. The molecule has 1 atom stereocenters. The van der Waals surface area contributed by atoms with Crippen molar-refractivity contribution in [1.82, 2.24) is 5.32 Å². The van der Waals surface area contributed by atoms with E-state index in [1.54, 1.807) is 0 Å². The van der Waals surface area contributed by atoms with Crippen molar-refractivity contribution in [3.05, 3.63) is 22.1 Å².